The van der Waals surface area contributed by atoms with E-state index in [-0.39, 0.29) is 6.10 Å². The summed E-state index contributed by atoms with van der Waals surface area (Å²) in [5.41, 5.74) is 0. The summed E-state index contributed by atoms with van der Waals surface area (Å²) >= 11 is 0. The lowest BCUT2D eigenvalue weighted by Gasteiger charge is -2.35. The molecule has 0 spiro atoms. The molecule has 0 heterocycles. The van der Waals surface area contributed by atoms with Crippen molar-refractivity contribution >= 4 is 0 Å². The molecule has 0 aromatic heterocycles. The maximum Gasteiger partial charge on any atom is 0.0695 e. The lowest BCUT2D eigenvalue weighted by molar-refractivity contribution is 0.0277. The van der Waals surface area contributed by atoms with Gasteiger partial charge in [0.15, 0.2) is 0 Å². The lowest BCUT2D eigenvalue weighted by Crippen LogP contribution is -2.43. The van der Waals surface area contributed by atoms with E-state index in [1.807, 2.05) is 14.1 Å². The van der Waals surface area contributed by atoms with E-state index in [9.17, 15) is 5.11 Å². The molecule has 0 aromatic carbocycles. The Bertz CT molecular complexity index is 125. The van der Waals surface area contributed by atoms with Gasteiger partial charge in [-0.2, -0.15) is 0 Å². The quantitative estimate of drug-likeness (QED) is 0.616. The highest BCUT2D eigenvalue weighted by molar-refractivity contribution is 4.82. The Kier molecular flexibility index (Phi) is 2.90. The minimum atomic E-state index is -0.0961. The predicted octanol–water partition coefficient (Wildman–Crippen LogP) is 1.10. The summed E-state index contributed by atoms with van der Waals surface area (Å²) in [6.07, 6.45) is 3.21. The Hall–Kier alpha value is -0.0800. The van der Waals surface area contributed by atoms with Crippen LogP contribution in [0, 0.1) is 5.92 Å². The first-order valence-corrected chi connectivity index (χ1v) is 4.45. The fourth-order valence-corrected chi connectivity index (χ4v) is 1.89. The third-order valence-corrected chi connectivity index (χ3v) is 2.71. The van der Waals surface area contributed by atoms with Crippen LogP contribution < -0.4 is 0 Å². The van der Waals surface area contributed by atoms with Gasteiger partial charge in [0.05, 0.1) is 6.10 Å². The van der Waals surface area contributed by atoms with Gasteiger partial charge in [0.2, 0.25) is 0 Å². The molecule has 3 unspecified atom stereocenters. The Morgan fingerprint density at radius 1 is 1.27 bits per heavy atom. The zero-order valence-corrected chi connectivity index (χ0v) is 7.75. The smallest absolute Gasteiger partial charge is 0.0695 e. The van der Waals surface area contributed by atoms with Crippen LogP contribution in [-0.2, 0) is 0 Å². The zero-order chi connectivity index (χ0) is 8.43. The van der Waals surface area contributed by atoms with Gasteiger partial charge in [-0.3, -0.25) is 0 Å². The number of likely N-dealkylation sites (N-methyl/N-ethyl adjacent to an activating group) is 1. The van der Waals surface area contributed by atoms with Gasteiger partial charge < -0.3 is 10.0 Å². The maximum atomic E-state index is 9.62. The Labute approximate surface area is 69.2 Å². The number of hydrogen-bond acceptors (Lipinski definition) is 2. The summed E-state index contributed by atoms with van der Waals surface area (Å²) in [5.74, 6) is 0.783. The van der Waals surface area contributed by atoms with E-state index < -0.39 is 0 Å². The molecule has 2 heteroatoms. The highest BCUT2D eigenvalue weighted by Gasteiger charge is 2.27. The van der Waals surface area contributed by atoms with Crippen molar-refractivity contribution in [1.82, 2.24) is 4.90 Å². The van der Waals surface area contributed by atoms with Crippen molar-refractivity contribution in [3.05, 3.63) is 0 Å². The van der Waals surface area contributed by atoms with Gasteiger partial charge in [-0.05, 0) is 39.3 Å². The summed E-state index contributed by atoms with van der Waals surface area (Å²) in [5, 5.41) is 9.62. The second-order valence-electron chi connectivity index (χ2n) is 4.02. The topological polar surface area (TPSA) is 23.5 Å². The Balaban J connectivity index is 2.47. The summed E-state index contributed by atoms with van der Waals surface area (Å²) < 4.78 is 0. The van der Waals surface area contributed by atoms with Gasteiger partial charge >= 0.3 is 0 Å². The minimum absolute atomic E-state index is 0.0961. The average Bonchev–Trinajstić information content (AvgIpc) is 1.94. The largest absolute Gasteiger partial charge is 0.391 e. The number of nitrogens with zero attached hydrogens (tertiary/aromatic N) is 1. The fourth-order valence-electron chi connectivity index (χ4n) is 1.89. The van der Waals surface area contributed by atoms with Crippen LogP contribution in [0.1, 0.15) is 26.2 Å². The third kappa shape index (κ3) is 2.17. The SMILES string of the molecule is CC1CCC(O)C(N(C)C)C1. The number of hydrogen-bond donors (Lipinski definition) is 1. The highest BCUT2D eigenvalue weighted by Crippen LogP contribution is 2.26. The summed E-state index contributed by atoms with van der Waals surface area (Å²) in [6.45, 7) is 2.27. The molecule has 11 heavy (non-hydrogen) atoms. The first-order chi connectivity index (χ1) is 5.11. The second kappa shape index (κ2) is 3.55. The molecule has 1 aliphatic rings. The van der Waals surface area contributed by atoms with Crippen molar-refractivity contribution in [3.63, 3.8) is 0 Å². The molecular weight excluding hydrogens is 138 g/mol. The molecule has 0 radical (unpaired) electrons. The molecule has 66 valence electrons. The van der Waals surface area contributed by atoms with Gasteiger partial charge in [-0.1, -0.05) is 6.92 Å². The van der Waals surface area contributed by atoms with E-state index in [0.717, 1.165) is 18.8 Å². The van der Waals surface area contributed by atoms with Crippen LogP contribution in [0.25, 0.3) is 0 Å². The normalized spacial score (nSPS) is 39.5. The molecule has 0 saturated heterocycles. The van der Waals surface area contributed by atoms with Gasteiger partial charge in [0.1, 0.15) is 0 Å². The van der Waals surface area contributed by atoms with Crippen LogP contribution in [0.2, 0.25) is 0 Å². The molecule has 1 saturated carbocycles. The predicted molar refractivity (Wildman–Crippen MR) is 46.5 cm³/mol. The van der Waals surface area contributed by atoms with Crippen molar-refractivity contribution in [2.75, 3.05) is 14.1 Å². The first-order valence-electron chi connectivity index (χ1n) is 4.45. The van der Waals surface area contributed by atoms with Crippen LogP contribution >= 0.6 is 0 Å². The molecular formula is C9H19NO. The molecule has 0 amide bonds. The van der Waals surface area contributed by atoms with Gasteiger partial charge in [0, 0.05) is 6.04 Å². The number of aliphatic hydroxyl groups excluding tert-OH is 1. The van der Waals surface area contributed by atoms with Gasteiger partial charge in [-0.25, -0.2) is 0 Å². The van der Waals surface area contributed by atoms with Crippen LogP contribution in [-0.4, -0.2) is 36.2 Å². The second-order valence-corrected chi connectivity index (χ2v) is 4.02. The van der Waals surface area contributed by atoms with E-state index in [1.54, 1.807) is 0 Å². The van der Waals surface area contributed by atoms with Crippen LogP contribution in [0.5, 0.6) is 0 Å². The summed E-state index contributed by atoms with van der Waals surface area (Å²) in [7, 11) is 4.10. The zero-order valence-electron chi connectivity index (χ0n) is 7.75. The van der Waals surface area contributed by atoms with Gasteiger partial charge in [-0.15, -0.1) is 0 Å². The molecule has 1 rings (SSSR count). The lowest BCUT2D eigenvalue weighted by atomic mass is 9.84. The van der Waals surface area contributed by atoms with Crippen molar-refractivity contribution in [1.29, 1.82) is 0 Å². The van der Waals surface area contributed by atoms with E-state index in [4.69, 9.17) is 0 Å². The van der Waals surface area contributed by atoms with E-state index in [2.05, 4.69) is 11.8 Å². The maximum absolute atomic E-state index is 9.62. The molecule has 0 aromatic rings. The number of rotatable bonds is 1. The van der Waals surface area contributed by atoms with Crippen molar-refractivity contribution < 1.29 is 5.11 Å². The van der Waals surface area contributed by atoms with Crippen molar-refractivity contribution in [2.24, 2.45) is 5.92 Å². The van der Waals surface area contributed by atoms with Crippen LogP contribution in [0.15, 0.2) is 0 Å². The van der Waals surface area contributed by atoms with Crippen molar-refractivity contribution in [3.8, 4) is 0 Å². The number of aliphatic hydroxyl groups is 1. The molecule has 0 aliphatic heterocycles. The fraction of sp³-hybridized carbons (Fsp3) is 1.00. The summed E-state index contributed by atoms with van der Waals surface area (Å²) in [6, 6.07) is 0.388. The van der Waals surface area contributed by atoms with Gasteiger partial charge in [0.25, 0.3) is 0 Å². The van der Waals surface area contributed by atoms with Crippen molar-refractivity contribution in [2.45, 2.75) is 38.3 Å². The molecule has 1 aliphatic carbocycles. The molecule has 1 fully saturated rings. The van der Waals surface area contributed by atoms with Crippen LogP contribution in [0.4, 0.5) is 0 Å². The molecule has 1 N–H and O–H groups in total. The monoisotopic (exact) mass is 157 g/mol. The Morgan fingerprint density at radius 2 is 1.91 bits per heavy atom. The van der Waals surface area contributed by atoms with E-state index >= 15 is 0 Å². The minimum Gasteiger partial charge on any atom is -0.391 e. The molecule has 3 atom stereocenters. The third-order valence-electron chi connectivity index (χ3n) is 2.71. The average molecular weight is 157 g/mol. The molecule has 0 bridgehead atoms. The first kappa shape index (κ1) is 9.01. The van der Waals surface area contributed by atoms with E-state index in [0.29, 0.717) is 6.04 Å². The van der Waals surface area contributed by atoms with E-state index in [1.165, 1.54) is 6.42 Å². The highest BCUT2D eigenvalue weighted by atomic mass is 16.3. The molecule has 2 nitrogen and oxygen atoms in total. The summed E-state index contributed by atoms with van der Waals surface area (Å²) in [4.78, 5) is 2.14. The Morgan fingerprint density at radius 3 is 2.36 bits per heavy atom. The standard InChI is InChI=1S/C9H19NO/c1-7-4-5-9(11)8(6-7)10(2)3/h7-9,11H,4-6H2,1-3H3. The van der Waals surface area contributed by atoms with Crippen LogP contribution in [0.3, 0.4) is 0 Å².